The minimum atomic E-state index is 0.0215. The monoisotopic (exact) mass is 246 g/mol. The standard InChI is InChI=1S/C14H18N2O2/c1-11-10-18-8-7-16(11)14(17)6-5-12-3-2-4-13(15)9-12/h2-6,9,11H,7-8,10,15H2,1H3/b6-5+/t11-/m1/s1. The molecule has 0 aliphatic carbocycles. The summed E-state index contributed by atoms with van der Waals surface area (Å²) in [6, 6.07) is 7.59. The summed E-state index contributed by atoms with van der Waals surface area (Å²) in [5.74, 6) is 0.0215. The zero-order chi connectivity index (χ0) is 13.0. The number of anilines is 1. The summed E-state index contributed by atoms with van der Waals surface area (Å²) in [6.07, 6.45) is 3.39. The number of nitrogens with two attached hydrogens (primary N) is 1. The molecule has 0 unspecified atom stereocenters. The van der Waals surface area contributed by atoms with E-state index in [0.717, 1.165) is 5.56 Å². The smallest absolute Gasteiger partial charge is 0.246 e. The van der Waals surface area contributed by atoms with Crippen molar-refractivity contribution in [1.29, 1.82) is 0 Å². The van der Waals surface area contributed by atoms with Crippen molar-refractivity contribution in [3.8, 4) is 0 Å². The number of hydrogen-bond acceptors (Lipinski definition) is 3. The van der Waals surface area contributed by atoms with E-state index >= 15 is 0 Å². The Morgan fingerprint density at radius 1 is 1.56 bits per heavy atom. The largest absolute Gasteiger partial charge is 0.399 e. The van der Waals surface area contributed by atoms with E-state index in [4.69, 9.17) is 10.5 Å². The molecule has 1 amide bonds. The molecule has 0 radical (unpaired) electrons. The molecule has 0 spiro atoms. The number of morpholine rings is 1. The minimum absolute atomic E-state index is 0.0215. The Morgan fingerprint density at radius 3 is 3.11 bits per heavy atom. The van der Waals surface area contributed by atoms with Crippen LogP contribution >= 0.6 is 0 Å². The SMILES string of the molecule is C[C@@H]1COCCN1C(=O)/C=C/c1cccc(N)c1. The second kappa shape index (κ2) is 5.69. The van der Waals surface area contributed by atoms with Gasteiger partial charge in [-0.15, -0.1) is 0 Å². The van der Waals surface area contributed by atoms with Crippen LogP contribution in [-0.4, -0.2) is 36.6 Å². The highest BCUT2D eigenvalue weighted by molar-refractivity contribution is 5.92. The van der Waals surface area contributed by atoms with Gasteiger partial charge in [0.05, 0.1) is 19.3 Å². The van der Waals surface area contributed by atoms with Gasteiger partial charge in [-0.2, -0.15) is 0 Å². The van der Waals surface area contributed by atoms with Crippen molar-refractivity contribution in [2.75, 3.05) is 25.5 Å². The molecule has 4 heteroatoms. The van der Waals surface area contributed by atoms with Crippen molar-refractivity contribution >= 4 is 17.7 Å². The first-order chi connectivity index (χ1) is 8.66. The molecular weight excluding hydrogens is 228 g/mol. The van der Waals surface area contributed by atoms with Crippen molar-refractivity contribution in [1.82, 2.24) is 4.90 Å². The van der Waals surface area contributed by atoms with Crippen LogP contribution in [0.1, 0.15) is 12.5 Å². The fourth-order valence-electron chi connectivity index (χ4n) is 1.98. The van der Waals surface area contributed by atoms with Gasteiger partial charge in [0, 0.05) is 18.3 Å². The third-order valence-electron chi connectivity index (χ3n) is 2.98. The number of nitrogens with zero attached hydrogens (tertiary/aromatic N) is 1. The summed E-state index contributed by atoms with van der Waals surface area (Å²) in [4.78, 5) is 13.8. The molecule has 2 N–H and O–H groups in total. The van der Waals surface area contributed by atoms with Gasteiger partial charge in [0.1, 0.15) is 0 Å². The molecular formula is C14H18N2O2. The molecule has 1 heterocycles. The van der Waals surface area contributed by atoms with E-state index in [1.165, 1.54) is 0 Å². The lowest BCUT2D eigenvalue weighted by atomic mass is 10.2. The molecule has 18 heavy (non-hydrogen) atoms. The van der Waals surface area contributed by atoms with Crippen molar-refractivity contribution in [2.45, 2.75) is 13.0 Å². The second-order valence-electron chi connectivity index (χ2n) is 4.46. The summed E-state index contributed by atoms with van der Waals surface area (Å²) >= 11 is 0. The van der Waals surface area contributed by atoms with Crippen LogP contribution in [0.25, 0.3) is 6.08 Å². The highest BCUT2D eigenvalue weighted by atomic mass is 16.5. The average Bonchev–Trinajstić information content (AvgIpc) is 2.37. The molecule has 0 bridgehead atoms. The Balaban J connectivity index is 2.02. The Hall–Kier alpha value is -1.81. The Kier molecular flexibility index (Phi) is 3.99. The number of carbonyl (C=O) groups is 1. The van der Waals surface area contributed by atoms with Crippen LogP contribution in [0.2, 0.25) is 0 Å². The first-order valence-corrected chi connectivity index (χ1v) is 6.09. The molecule has 2 rings (SSSR count). The number of carbonyl (C=O) groups excluding carboxylic acids is 1. The number of ether oxygens (including phenoxy) is 1. The minimum Gasteiger partial charge on any atom is -0.399 e. The second-order valence-corrected chi connectivity index (χ2v) is 4.46. The van der Waals surface area contributed by atoms with E-state index in [-0.39, 0.29) is 11.9 Å². The highest BCUT2D eigenvalue weighted by Crippen LogP contribution is 2.10. The molecule has 0 aromatic heterocycles. The fourth-order valence-corrected chi connectivity index (χ4v) is 1.98. The number of hydrogen-bond donors (Lipinski definition) is 1. The average molecular weight is 246 g/mol. The number of benzene rings is 1. The van der Waals surface area contributed by atoms with E-state index in [1.54, 1.807) is 12.2 Å². The van der Waals surface area contributed by atoms with Crippen molar-refractivity contribution in [3.63, 3.8) is 0 Å². The maximum atomic E-state index is 12.0. The normalized spacial score (nSPS) is 20.3. The van der Waals surface area contributed by atoms with Gasteiger partial charge in [-0.25, -0.2) is 0 Å². The van der Waals surface area contributed by atoms with Crippen LogP contribution in [0, 0.1) is 0 Å². The van der Waals surface area contributed by atoms with Gasteiger partial charge in [-0.1, -0.05) is 12.1 Å². The molecule has 1 aromatic carbocycles. The number of nitrogen functional groups attached to an aromatic ring is 1. The summed E-state index contributed by atoms with van der Waals surface area (Å²) in [7, 11) is 0. The van der Waals surface area contributed by atoms with Gasteiger partial charge in [0.25, 0.3) is 0 Å². The number of amides is 1. The topological polar surface area (TPSA) is 55.6 Å². The van der Waals surface area contributed by atoms with Crippen LogP contribution in [0.3, 0.4) is 0 Å². The van der Waals surface area contributed by atoms with Crippen molar-refractivity contribution in [3.05, 3.63) is 35.9 Å². The van der Waals surface area contributed by atoms with Crippen LogP contribution in [0.4, 0.5) is 5.69 Å². The van der Waals surface area contributed by atoms with Crippen LogP contribution < -0.4 is 5.73 Å². The third-order valence-corrected chi connectivity index (χ3v) is 2.98. The van der Waals surface area contributed by atoms with Crippen LogP contribution in [0.15, 0.2) is 30.3 Å². The van der Waals surface area contributed by atoms with Gasteiger partial charge >= 0.3 is 0 Å². The Morgan fingerprint density at radius 2 is 2.39 bits per heavy atom. The molecule has 96 valence electrons. The first-order valence-electron chi connectivity index (χ1n) is 6.09. The zero-order valence-electron chi connectivity index (χ0n) is 10.5. The van der Waals surface area contributed by atoms with Gasteiger partial charge < -0.3 is 15.4 Å². The van der Waals surface area contributed by atoms with E-state index in [1.807, 2.05) is 36.1 Å². The maximum absolute atomic E-state index is 12.0. The van der Waals surface area contributed by atoms with Gasteiger partial charge in [-0.05, 0) is 30.7 Å². The number of rotatable bonds is 2. The Labute approximate surface area is 107 Å². The van der Waals surface area contributed by atoms with Gasteiger partial charge in [0.15, 0.2) is 0 Å². The fraction of sp³-hybridized carbons (Fsp3) is 0.357. The first kappa shape index (κ1) is 12.6. The molecule has 1 atom stereocenters. The molecule has 0 saturated carbocycles. The molecule has 1 fully saturated rings. The molecule has 1 aliphatic heterocycles. The quantitative estimate of drug-likeness (QED) is 0.636. The van der Waals surface area contributed by atoms with Crippen molar-refractivity contribution in [2.24, 2.45) is 0 Å². The van der Waals surface area contributed by atoms with Crippen LogP contribution in [0.5, 0.6) is 0 Å². The summed E-state index contributed by atoms with van der Waals surface area (Å²) in [5, 5.41) is 0. The summed E-state index contributed by atoms with van der Waals surface area (Å²) in [6.45, 7) is 3.87. The predicted molar refractivity (Wildman–Crippen MR) is 71.9 cm³/mol. The lowest BCUT2D eigenvalue weighted by Crippen LogP contribution is -2.46. The van der Waals surface area contributed by atoms with Crippen molar-refractivity contribution < 1.29 is 9.53 Å². The summed E-state index contributed by atoms with van der Waals surface area (Å²) < 4.78 is 5.31. The highest BCUT2D eigenvalue weighted by Gasteiger charge is 2.21. The van der Waals surface area contributed by atoms with Gasteiger partial charge in [-0.3, -0.25) is 4.79 Å². The predicted octanol–water partition coefficient (Wildman–Crippen LogP) is 1.53. The van der Waals surface area contributed by atoms with E-state index in [2.05, 4.69) is 0 Å². The zero-order valence-corrected chi connectivity index (χ0v) is 10.5. The molecule has 1 aromatic rings. The van der Waals surface area contributed by atoms with E-state index < -0.39 is 0 Å². The lowest BCUT2D eigenvalue weighted by Gasteiger charge is -2.32. The van der Waals surface area contributed by atoms with Crippen LogP contribution in [-0.2, 0) is 9.53 Å². The molecule has 1 aliphatic rings. The lowest BCUT2D eigenvalue weighted by molar-refractivity contribution is -0.133. The summed E-state index contributed by atoms with van der Waals surface area (Å²) in [5.41, 5.74) is 7.32. The molecule has 1 saturated heterocycles. The third kappa shape index (κ3) is 3.11. The maximum Gasteiger partial charge on any atom is 0.246 e. The van der Waals surface area contributed by atoms with E-state index in [0.29, 0.717) is 25.4 Å². The van der Waals surface area contributed by atoms with E-state index in [9.17, 15) is 4.79 Å². The Bertz CT molecular complexity index is 457. The van der Waals surface area contributed by atoms with Gasteiger partial charge in [0.2, 0.25) is 5.91 Å². The molecule has 4 nitrogen and oxygen atoms in total.